The van der Waals surface area contributed by atoms with Crippen LogP contribution in [0.1, 0.15) is 13.3 Å². The number of hydrogen-bond acceptors (Lipinski definition) is 6. The van der Waals surface area contributed by atoms with Crippen LogP contribution in [0.4, 0.5) is 5.95 Å². The minimum absolute atomic E-state index is 0.482. The highest BCUT2D eigenvalue weighted by Crippen LogP contribution is 2.36. The number of aromatic nitrogens is 3. The number of methoxy groups -OCH3 is 1. The molecule has 0 unspecified atom stereocenters. The number of hydrogen-bond donors (Lipinski definition) is 0. The molecule has 3 aromatic rings. The first-order valence-corrected chi connectivity index (χ1v) is 8.52. The van der Waals surface area contributed by atoms with Gasteiger partial charge in [0.2, 0.25) is 11.8 Å². The lowest BCUT2D eigenvalue weighted by atomic mass is 10.1. The number of para-hydroxylation sites is 1. The molecule has 2 heterocycles. The first-order chi connectivity index (χ1) is 12.7. The van der Waals surface area contributed by atoms with Crippen LogP contribution in [-0.2, 0) is 0 Å². The average molecular weight is 350 g/mol. The van der Waals surface area contributed by atoms with Gasteiger partial charge in [-0.1, -0.05) is 25.1 Å². The van der Waals surface area contributed by atoms with Gasteiger partial charge in [-0.3, -0.25) is 0 Å². The van der Waals surface area contributed by atoms with Crippen LogP contribution in [0, 0.1) is 0 Å². The summed E-state index contributed by atoms with van der Waals surface area (Å²) in [5.41, 5.74) is 1.76. The van der Waals surface area contributed by atoms with E-state index in [2.05, 4.69) is 21.9 Å². The van der Waals surface area contributed by atoms with Crippen LogP contribution < -0.4 is 14.4 Å². The molecular weight excluding hydrogens is 328 g/mol. The van der Waals surface area contributed by atoms with E-state index >= 15 is 0 Å². The molecular formula is C20H22N4O2. The van der Waals surface area contributed by atoms with Gasteiger partial charge in [0.1, 0.15) is 5.75 Å². The zero-order valence-electron chi connectivity index (χ0n) is 15.2. The minimum Gasteiger partial charge on any atom is -0.496 e. The standard InChI is InChI=1S/C20H22N4O2/c1-4-12-24(2)20-22-13-15(14-23-20)26-19-17(9-7-11-21-19)16-8-5-6-10-18(16)25-3/h5-11,13-14H,4,12H2,1-3H3. The molecule has 0 saturated carbocycles. The highest BCUT2D eigenvalue weighted by molar-refractivity contribution is 5.74. The van der Waals surface area contributed by atoms with Crippen molar-refractivity contribution < 1.29 is 9.47 Å². The fourth-order valence-corrected chi connectivity index (χ4v) is 2.65. The maximum atomic E-state index is 5.95. The van der Waals surface area contributed by atoms with E-state index in [1.165, 1.54) is 0 Å². The highest BCUT2D eigenvalue weighted by Gasteiger charge is 2.13. The molecule has 6 nitrogen and oxygen atoms in total. The van der Waals surface area contributed by atoms with E-state index in [4.69, 9.17) is 9.47 Å². The Hall–Kier alpha value is -3.15. The van der Waals surface area contributed by atoms with Crippen LogP contribution in [0.3, 0.4) is 0 Å². The molecule has 26 heavy (non-hydrogen) atoms. The van der Waals surface area contributed by atoms with E-state index in [1.807, 2.05) is 48.3 Å². The van der Waals surface area contributed by atoms with E-state index in [9.17, 15) is 0 Å². The Morgan fingerprint density at radius 2 is 1.69 bits per heavy atom. The lowest BCUT2D eigenvalue weighted by molar-refractivity contribution is 0.415. The van der Waals surface area contributed by atoms with Gasteiger partial charge in [0.15, 0.2) is 5.75 Å². The summed E-state index contributed by atoms with van der Waals surface area (Å²) in [5.74, 6) is 2.45. The Morgan fingerprint density at radius 3 is 2.42 bits per heavy atom. The van der Waals surface area contributed by atoms with Gasteiger partial charge in [0.25, 0.3) is 0 Å². The van der Waals surface area contributed by atoms with E-state index < -0.39 is 0 Å². The number of ether oxygens (including phenoxy) is 2. The molecule has 0 radical (unpaired) electrons. The van der Waals surface area contributed by atoms with Gasteiger partial charge in [-0.15, -0.1) is 0 Å². The van der Waals surface area contributed by atoms with Gasteiger partial charge in [-0.25, -0.2) is 15.0 Å². The molecule has 0 fully saturated rings. The maximum absolute atomic E-state index is 5.95. The van der Waals surface area contributed by atoms with Crippen molar-refractivity contribution in [1.82, 2.24) is 15.0 Å². The molecule has 0 bridgehead atoms. The molecule has 0 N–H and O–H groups in total. The van der Waals surface area contributed by atoms with Gasteiger partial charge in [0.05, 0.1) is 19.5 Å². The van der Waals surface area contributed by atoms with Gasteiger partial charge >= 0.3 is 0 Å². The zero-order valence-corrected chi connectivity index (χ0v) is 15.2. The van der Waals surface area contributed by atoms with Crippen molar-refractivity contribution in [3.8, 4) is 28.5 Å². The predicted octanol–water partition coefficient (Wildman–Crippen LogP) is 4.19. The number of pyridine rings is 1. The lowest BCUT2D eigenvalue weighted by Crippen LogP contribution is -2.20. The summed E-state index contributed by atoms with van der Waals surface area (Å²) in [5, 5.41) is 0. The molecule has 1 aromatic carbocycles. The first kappa shape index (κ1) is 17.7. The fraction of sp³-hybridized carbons (Fsp3) is 0.250. The Bertz CT molecular complexity index is 852. The van der Waals surface area contributed by atoms with Crippen molar-refractivity contribution in [2.24, 2.45) is 0 Å². The summed E-state index contributed by atoms with van der Waals surface area (Å²) in [4.78, 5) is 15.1. The Labute approximate surface area is 153 Å². The maximum Gasteiger partial charge on any atom is 0.227 e. The van der Waals surface area contributed by atoms with Crippen molar-refractivity contribution in [2.45, 2.75) is 13.3 Å². The predicted molar refractivity (Wildman–Crippen MR) is 102 cm³/mol. The van der Waals surface area contributed by atoms with Crippen LogP contribution in [0.15, 0.2) is 55.0 Å². The SMILES string of the molecule is CCCN(C)c1ncc(Oc2ncccc2-c2ccccc2OC)cn1. The molecule has 134 valence electrons. The van der Waals surface area contributed by atoms with Crippen LogP contribution in [0.2, 0.25) is 0 Å². The van der Waals surface area contributed by atoms with Crippen molar-refractivity contribution in [3.63, 3.8) is 0 Å². The quantitative estimate of drug-likeness (QED) is 0.637. The molecule has 0 aliphatic carbocycles. The van der Waals surface area contributed by atoms with E-state index in [0.717, 1.165) is 29.8 Å². The van der Waals surface area contributed by atoms with Crippen molar-refractivity contribution in [1.29, 1.82) is 0 Å². The Kier molecular flexibility index (Phi) is 5.63. The molecule has 0 aliphatic rings. The van der Waals surface area contributed by atoms with E-state index in [0.29, 0.717) is 17.6 Å². The molecule has 0 amide bonds. The molecule has 3 rings (SSSR count). The summed E-state index contributed by atoms with van der Waals surface area (Å²) in [6.45, 7) is 3.02. The van der Waals surface area contributed by atoms with Crippen molar-refractivity contribution in [3.05, 3.63) is 55.0 Å². The molecule has 2 aromatic heterocycles. The Balaban J connectivity index is 1.87. The number of anilines is 1. The van der Waals surface area contributed by atoms with Crippen LogP contribution >= 0.6 is 0 Å². The van der Waals surface area contributed by atoms with Crippen LogP contribution in [0.25, 0.3) is 11.1 Å². The van der Waals surface area contributed by atoms with Crippen LogP contribution in [-0.4, -0.2) is 35.7 Å². The monoisotopic (exact) mass is 350 g/mol. The molecule has 0 aliphatic heterocycles. The van der Waals surface area contributed by atoms with Crippen molar-refractivity contribution in [2.75, 3.05) is 25.6 Å². The summed E-state index contributed by atoms with van der Waals surface area (Å²) >= 11 is 0. The van der Waals surface area contributed by atoms with Gasteiger partial charge in [-0.05, 0) is 24.6 Å². The summed E-state index contributed by atoms with van der Waals surface area (Å²) < 4.78 is 11.4. The Morgan fingerprint density at radius 1 is 0.962 bits per heavy atom. The second-order valence-electron chi connectivity index (χ2n) is 5.80. The molecule has 0 saturated heterocycles. The number of rotatable bonds is 7. The lowest BCUT2D eigenvalue weighted by Gasteiger charge is -2.16. The summed E-state index contributed by atoms with van der Waals surface area (Å²) in [6, 6.07) is 11.6. The van der Waals surface area contributed by atoms with E-state index in [-0.39, 0.29) is 0 Å². The average Bonchev–Trinajstić information content (AvgIpc) is 2.69. The third-order valence-corrected chi connectivity index (χ3v) is 3.90. The summed E-state index contributed by atoms with van der Waals surface area (Å²) in [6.07, 6.45) is 6.05. The normalized spacial score (nSPS) is 10.4. The second kappa shape index (κ2) is 8.29. The molecule has 6 heteroatoms. The molecule has 0 atom stereocenters. The number of nitrogens with zero attached hydrogens (tertiary/aromatic N) is 4. The zero-order chi connectivity index (χ0) is 18.4. The third-order valence-electron chi connectivity index (χ3n) is 3.90. The number of benzene rings is 1. The van der Waals surface area contributed by atoms with Crippen molar-refractivity contribution >= 4 is 5.95 Å². The largest absolute Gasteiger partial charge is 0.496 e. The van der Waals surface area contributed by atoms with E-state index in [1.54, 1.807) is 25.7 Å². The smallest absolute Gasteiger partial charge is 0.227 e. The van der Waals surface area contributed by atoms with Crippen LogP contribution in [0.5, 0.6) is 17.4 Å². The van der Waals surface area contributed by atoms with Gasteiger partial charge < -0.3 is 14.4 Å². The summed E-state index contributed by atoms with van der Waals surface area (Å²) in [7, 11) is 3.62. The first-order valence-electron chi connectivity index (χ1n) is 8.52. The third kappa shape index (κ3) is 3.91. The minimum atomic E-state index is 0.482. The van der Waals surface area contributed by atoms with Gasteiger partial charge in [-0.2, -0.15) is 0 Å². The fourth-order valence-electron chi connectivity index (χ4n) is 2.65. The molecule has 0 spiro atoms. The van der Waals surface area contributed by atoms with Gasteiger partial charge in [0, 0.05) is 30.9 Å². The second-order valence-corrected chi connectivity index (χ2v) is 5.80. The topological polar surface area (TPSA) is 60.4 Å². The highest BCUT2D eigenvalue weighted by atomic mass is 16.5.